The molecule has 0 aromatic heterocycles. The van der Waals surface area contributed by atoms with Gasteiger partial charge in [0.2, 0.25) is 0 Å². The van der Waals surface area contributed by atoms with Crippen molar-refractivity contribution in [2.75, 3.05) is 11.5 Å². The lowest BCUT2D eigenvalue weighted by Crippen LogP contribution is -1.97. The average molecular weight is 659 g/mol. The van der Waals surface area contributed by atoms with Crippen molar-refractivity contribution in [1.82, 2.24) is 0 Å². The molecular formula is C47H66N2. The third-order valence-electron chi connectivity index (χ3n) is 10.5. The molecule has 49 heavy (non-hydrogen) atoms. The fourth-order valence-corrected chi connectivity index (χ4v) is 7.34. The van der Waals surface area contributed by atoms with Crippen molar-refractivity contribution in [3.8, 4) is 0 Å². The van der Waals surface area contributed by atoms with E-state index in [1.807, 2.05) is 24.3 Å². The predicted octanol–water partition coefficient (Wildman–Crippen LogP) is 12.8. The first-order valence-corrected chi connectivity index (χ1v) is 19.9. The van der Waals surface area contributed by atoms with Crippen molar-refractivity contribution in [3.63, 3.8) is 0 Å². The first-order chi connectivity index (χ1) is 24.0. The molecule has 0 aliphatic rings. The molecule has 0 aliphatic carbocycles. The Bertz CT molecular complexity index is 1350. The molecule has 0 aliphatic heterocycles. The Morgan fingerprint density at radius 1 is 0.327 bits per heavy atom. The van der Waals surface area contributed by atoms with Crippen LogP contribution in [-0.2, 0) is 38.5 Å². The van der Waals surface area contributed by atoms with E-state index in [0.29, 0.717) is 0 Å². The van der Waals surface area contributed by atoms with Crippen LogP contribution in [0.25, 0.3) is 0 Å². The zero-order valence-electron chi connectivity index (χ0n) is 31.1. The normalized spacial score (nSPS) is 11.3. The average Bonchev–Trinajstić information content (AvgIpc) is 3.12. The van der Waals surface area contributed by atoms with Gasteiger partial charge in [-0.1, -0.05) is 158 Å². The lowest BCUT2D eigenvalue weighted by molar-refractivity contribution is 0.530. The van der Waals surface area contributed by atoms with E-state index in [4.69, 9.17) is 11.5 Å². The van der Waals surface area contributed by atoms with E-state index in [9.17, 15) is 0 Å². The van der Waals surface area contributed by atoms with Crippen molar-refractivity contribution >= 4 is 11.4 Å². The van der Waals surface area contributed by atoms with Gasteiger partial charge < -0.3 is 11.5 Å². The third kappa shape index (κ3) is 14.5. The van der Waals surface area contributed by atoms with Crippen molar-refractivity contribution in [3.05, 3.63) is 129 Å². The number of nitrogen functional groups attached to an aromatic ring is 2. The number of anilines is 2. The van der Waals surface area contributed by atoms with Crippen LogP contribution in [-0.4, -0.2) is 0 Å². The molecule has 4 aromatic rings. The highest BCUT2D eigenvalue weighted by Gasteiger charge is 2.07. The number of benzene rings is 4. The lowest BCUT2D eigenvalue weighted by Gasteiger charge is -2.11. The van der Waals surface area contributed by atoms with Gasteiger partial charge in [-0.25, -0.2) is 0 Å². The van der Waals surface area contributed by atoms with Crippen LogP contribution < -0.4 is 11.5 Å². The summed E-state index contributed by atoms with van der Waals surface area (Å²) < 4.78 is 0. The van der Waals surface area contributed by atoms with Gasteiger partial charge in [0.15, 0.2) is 0 Å². The summed E-state index contributed by atoms with van der Waals surface area (Å²) in [5, 5.41) is 0. The molecule has 2 nitrogen and oxygen atoms in total. The molecule has 0 fully saturated rings. The molecule has 0 bridgehead atoms. The Balaban J connectivity index is 0.941. The zero-order chi connectivity index (χ0) is 34.5. The van der Waals surface area contributed by atoms with Crippen molar-refractivity contribution in [2.24, 2.45) is 0 Å². The minimum Gasteiger partial charge on any atom is -0.399 e. The molecule has 4 rings (SSSR count). The van der Waals surface area contributed by atoms with Crippen molar-refractivity contribution < 1.29 is 0 Å². The number of nitrogens with two attached hydrogens (primary N) is 2. The summed E-state index contributed by atoms with van der Waals surface area (Å²) in [6, 6.07) is 31.0. The smallest absolute Gasteiger partial charge is 0.0314 e. The Labute approximate surface area is 300 Å². The van der Waals surface area contributed by atoms with Gasteiger partial charge in [-0.05, 0) is 120 Å². The summed E-state index contributed by atoms with van der Waals surface area (Å²) in [6.07, 6.45) is 27.6. The van der Waals surface area contributed by atoms with Crippen LogP contribution in [0.2, 0.25) is 0 Å². The van der Waals surface area contributed by atoms with Gasteiger partial charge in [-0.3, -0.25) is 0 Å². The molecular weight excluding hydrogens is 593 g/mol. The number of rotatable bonds is 24. The summed E-state index contributed by atoms with van der Waals surface area (Å²) in [6.45, 7) is 4.56. The maximum absolute atomic E-state index is 5.86. The molecule has 264 valence electrons. The van der Waals surface area contributed by atoms with Crippen LogP contribution in [0.15, 0.2) is 84.9 Å². The quantitative estimate of drug-likeness (QED) is 0.0581. The molecule has 2 heteroatoms. The topological polar surface area (TPSA) is 52.0 Å². The number of unbranched alkanes of at least 4 members (excludes halogenated alkanes) is 14. The van der Waals surface area contributed by atoms with E-state index in [-0.39, 0.29) is 0 Å². The monoisotopic (exact) mass is 659 g/mol. The molecule has 0 radical (unpaired) electrons. The Morgan fingerprint density at radius 3 is 0.918 bits per heavy atom. The molecule has 0 unspecified atom stereocenters. The second-order valence-corrected chi connectivity index (χ2v) is 14.6. The van der Waals surface area contributed by atoms with Crippen LogP contribution in [0.3, 0.4) is 0 Å². The summed E-state index contributed by atoms with van der Waals surface area (Å²) in [4.78, 5) is 0. The summed E-state index contributed by atoms with van der Waals surface area (Å²) >= 11 is 0. The first-order valence-electron chi connectivity index (χ1n) is 19.9. The summed E-state index contributed by atoms with van der Waals surface area (Å²) in [5.74, 6) is 0. The van der Waals surface area contributed by atoms with E-state index < -0.39 is 0 Å². The van der Waals surface area contributed by atoms with Crippen molar-refractivity contribution in [1.29, 1.82) is 0 Å². The number of hydrogen-bond acceptors (Lipinski definition) is 2. The molecule has 0 heterocycles. The first kappa shape index (κ1) is 38.3. The fraction of sp³-hybridized carbons (Fsp3) is 0.489. The predicted molar refractivity (Wildman–Crippen MR) is 216 cm³/mol. The Kier molecular flexibility index (Phi) is 17.4. The van der Waals surface area contributed by atoms with E-state index in [0.717, 1.165) is 37.1 Å². The van der Waals surface area contributed by atoms with E-state index in [1.54, 1.807) is 0 Å². The summed E-state index contributed by atoms with van der Waals surface area (Å²) in [5.41, 5.74) is 25.0. The molecule has 4 N–H and O–H groups in total. The minimum absolute atomic E-state index is 0.838. The lowest BCUT2D eigenvalue weighted by atomic mass is 9.94. The molecule has 0 atom stereocenters. The van der Waals surface area contributed by atoms with Gasteiger partial charge in [0, 0.05) is 11.4 Å². The SMILES string of the molecule is CCc1cc(CCCCCCCCCCCCCCCCCc2ccc(Cc3ccc(N)cc3)c(CC)c2)ccc1Cc1ccc(N)cc1. The Hall–Kier alpha value is -3.52. The van der Waals surface area contributed by atoms with Gasteiger partial charge >= 0.3 is 0 Å². The van der Waals surface area contributed by atoms with Gasteiger partial charge in [0.1, 0.15) is 0 Å². The van der Waals surface area contributed by atoms with E-state index in [1.165, 1.54) is 154 Å². The van der Waals surface area contributed by atoms with Crippen LogP contribution >= 0.6 is 0 Å². The van der Waals surface area contributed by atoms with Gasteiger partial charge in [0.05, 0.1) is 0 Å². The molecule has 0 spiro atoms. The summed E-state index contributed by atoms with van der Waals surface area (Å²) in [7, 11) is 0. The van der Waals surface area contributed by atoms with Crippen LogP contribution in [0, 0.1) is 0 Å². The van der Waals surface area contributed by atoms with Gasteiger partial charge in [-0.15, -0.1) is 0 Å². The standard InChI is InChI=1S/C47H66N2/c1-3-42-34-38(22-28-44(42)36-40-24-30-46(48)31-25-40)20-18-16-14-12-10-8-6-5-7-9-11-13-15-17-19-21-39-23-29-45(43(4-2)35-39)37-41-26-32-47(49)33-27-41/h22-35H,3-21,36-37,48-49H2,1-2H3. The van der Waals surface area contributed by atoms with Gasteiger partial charge in [0.25, 0.3) is 0 Å². The highest BCUT2D eigenvalue weighted by molar-refractivity contribution is 5.43. The van der Waals surface area contributed by atoms with Crippen LogP contribution in [0.4, 0.5) is 11.4 Å². The zero-order valence-corrected chi connectivity index (χ0v) is 31.1. The van der Waals surface area contributed by atoms with Crippen molar-refractivity contribution in [2.45, 2.75) is 149 Å². The maximum Gasteiger partial charge on any atom is 0.0314 e. The molecule has 0 saturated carbocycles. The minimum atomic E-state index is 0.838. The largest absolute Gasteiger partial charge is 0.399 e. The van der Waals surface area contributed by atoms with Crippen LogP contribution in [0.1, 0.15) is 155 Å². The molecule has 0 saturated heterocycles. The second-order valence-electron chi connectivity index (χ2n) is 14.6. The maximum atomic E-state index is 5.86. The van der Waals surface area contributed by atoms with Gasteiger partial charge in [-0.2, -0.15) is 0 Å². The Morgan fingerprint density at radius 2 is 0.612 bits per heavy atom. The molecule has 4 aromatic carbocycles. The number of aryl methyl sites for hydroxylation is 4. The molecule has 0 amide bonds. The highest BCUT2D eigenvalue weighted by Crippen LogP contribution is 2.22. The van der Waals surface area contributed by atoms with E-state index >= 15 is 0 Å². The fourth-order valence-electron chi connectivity index (χ4n) is 7.34. The van der Waals surface area contributed by atoms with E-state index in [2.05, 4.69) is 74.5 Å². The third-order valence-corrected chi connectivity index (χ3v) is 10.5. The second kappa shape index (κ2) is 22.2. The highest BCUT2D eigenvalue weighted by atomic mass is 14.5. The van der Waals surface area contributed by atoms with Crippen LogP contribution in [0.5, 0.6) is 0 Å². The number of hydrogen-bond donors (Lipinski definition) is 2.